The van der Waals surface area contributed by atoms with Gasteiger partial charge in [-0.25, -0.2) is 0 Å². The third-order valence-corrected chi connectivity index (χ3v) is 3.19. The van der Waals surface area contributed by atoms with Crippen LogP contribution >= 0.6 is 23.2 Å². The molecule has 0 radical (unpaired) electrons. The molecule has 1 heterocycles. The zero-order chi connectivity index (χ0) is 14.9. The van der Waals surface area contributed by atoms with Crippen LogP contribution in [-0.4, -0.2) is 10.8 Å². The fraction of sp³-hybridized carbons (Fsp3) is 0.0769. The lowest BCUT2D eigenvalue weighted by Crippen LogP contribution is -2.14. The summed E-state index contributed by atoms with van der Waals surface area (Å²) in [4.78, 5) is 15.8. The highest BCUT2D eigenvalue weighted by molar-refractivity contribution is 6.41. The number of nitrogens with zero attached hydrogens (tertiary/aromatic N) is 1. The van der Waals surface area contributed by atoms with Crippen molar-refractivity contribution in [2.24, 2.45) is 0 Å². The smallest absolute Gasteiger partial charge is 0.288 e. The Labute approximate surface area is 122 Å². The SMILES string of the molecule is O=C(c1cnccc1C(F)(F)F)c1c(Cl)cccc1Cl. The summed E-state index contributed by atoms with van der Waals surface area (Å²) in [5.41, 5.74) is -1.84. The van der Waals surface area contributed by atoms with Crippen molar-refractivity contribution < 1.29 is 18.0 Å². The van der Waals surface area contributed by atoms with Gasteiger partial charge in [0.1, 0.15) is 0 Å². The van der Waals surface area contributed by atoms with Crippen LogP contribution in [0.15, 0.2) is 36.7 Å². The van der Waals surface area contributed by atoms with Crippen molar-refractivity contribution >= 4 is 29.0 Å². The van der Waals surface area contributed by atoms with Gasteiger partial charge in [-0.2, -0.15) is 13.2 Å². The number of benzene rings is 1. The second kappa shape index (κ2) is 5.42. The Morgan fingerprint density at radius 1 is 1.10 bits per heavy atom. The molecule has 0 saturated heterocycles. The van der Waals surface area contributed by atoms with Crippen LogP contribution in [0, 0.1) is 0 Å². The predicted octanol–water partition coefficient (Wildman–Crippen LogP) is 4.64. The topological polar surface area (TPSA) is 30.0 Å². The minimum absolute atomic E-state index is 0.0144. The maximum atomic E-state index is 12.9. The minimum Gasteiger partial charge on any atom is -0.288 e. The van der Waals surface area contributed by atoms with Gasteiger partial charge in [0, 0.05) is 12.4 Å². The van der Waals surface area contributed by atoms with E-state index in [1.54, 1.807) is 0 Å². The molecule has 0 fully saturated rings. The average Bonchev–Trinajstić information content (AvgIpc) is 2.37. The van der Waals surface area contributed by atoms with Gasteiger partial charge in [0.05, 0.1) is 26.7 Å². The van der Waals surface area contributed by atoms with Crippen LogP contribution in [0.2, 0.25) is 10.0 Å². The number of carbonyl (C=O) groups excluding carboxylic acids is 1. The third-order valence-electron chi connectivity index (χ3n) is 2.56. The predicted molar refractivity (Wildman–Crippen MR) is 69.1 cm³/mol. The number of alkyl halides is 3. The molecule has 0 aliphatic heterocycles. The fourth-order valence-corrected chi connectivity index (χ4v) is 2.24. The van der Waals surface area contributed by atoms with Crippen LogP contribution in [0.25, 0.3) is 0 Å². The molecule has 0 amide bonds. The Morgan fingerprint density at radius 3 is 2.25 bits per heavy atom. The van der Waals surface area contributed by atoms with Crippen LogP contribution in [0.1, 0.15) is 21.5 Å². The molecule has 104 valence electrons. The molecule has 2 aromatic rings. The van der Waals surface area contributed by atoms with E-state index < -0.39 is 23.1 Å². The number of halogens is 5. The van der Waals surface area contributed by atoms with E-state index in [1.807, 2.05) is 0 Å². The monoisotopic (exact) mass is 319 g/mol. The molecule has 0 N–H and O–H groups in total. The number of hydrogen-bond donors (Lipinski definition) is 0. The first-order valence-corrected chi connectivity index (χ1v) is 6.08. The molecule has 0 saturated carbocycles. The first-order valence-electron chi connectivity index (χ1n) is 5.32. The molecule has 2 nitrogen and oxygen atoms in total. The van der Waals surface area contributed by atoms with E-state index in [4.69, 9.17) is 23.2 Å². The van der Waals surface area contributed by atoms with Crippen LogP contribution in [-0.2, 0) is 6.18 Å². The summed E-state index contributed by atoms with van der Waals surface area (Å²) in [6.07, 6.45) is -2.85. The molecule has 0 atom stereocenters. The molecule has 7 heteroatoms. The zero-order valence-electron chi connectivity index (χ0n) is 9.71. The molecule has 0 aliphatic carbocycles. The summed E-state index contributed by atoms with van der Waals surface area (Å²) < 4.78 is 38.6. The third kappa shape index (κ3) is 2.78. The minimum atomic E-state index is -4.67. The van der Waals surface area contributed by atoms with E-state index in [0.29, 0.717) is 0 Å². The quantitative estimate of drug-likeness (QED) is 0.755. The zero-order valence-corrected chi connectivity index (χ0v) is 11.2. The summed E-state index contributed by atoms with van der Waals surface area (Å²) in [5.74, 6) is -0.916. The second-order valence-corrected chi connectivity index (χ2v) is 4.66. The molecule has 0 unspecified atom stereocenters. The summed E-state index contributed by atoms with van der Waals surface area (Å²) in [6.45, 7) is 0. The molecule has 0 aliphatic rings. The van der Waals surface area contributed by atoms with Crippen molar-refractivity contribution in [3.05, 3.63) is 63.4 Å². The van der Waals surface area contributed by atoms with E-state index in [2.05, 4.69) is 4.98 Å². The number of ketones is 1. The number of pyridine rings is 1. The fourth-order valence-electron chi connectivity index (χ4n) is 1.67. The normalized spacial score (nSPS) is 11.4. The Bertz CT molecular complexity index is 651. The lowest BCUT2D eigenvalue weighted by atomic mass is 10.00. The molecular formula is C13H6Cl2F3NO. The van der Waals surface area contributed by atoms with Crippen LogP contribution < -0.4 is 0 Å². The van der Waals surface area contributed by atoms with Gasteiger partial charge < -0.3 is 0 Å². The highest BCUT2D eigenvalue weighted by atomic mass is 35.5. The molecule has 20 heavy (non-hydrogen) atoms. The van der Waals surface area contributed by atoms with Gasteiger partial charge in [0.2, 0.25) is 0 Å². The summed E-state index contributed by atoms with van der Waals surface area (Å²) in [6, 6.07) is 4.99. The molecule has 0 bridgehead atoms. The maximum Gasteiger partial charge on any atom is 0.417 e. The number of carbonyl (C=O) groups is 1. The van der Waals surface area contributed by atoms with Crippen molar-refractivity contribution in [2.75, 3.05) is 0 Å². The largest absolute Gasteiger partial charge is 0.417 e. The number of aromatic nitrogens is 1. The molecule has 1 aromatic carbocycles. The van der Waals surface area contributed by atoms with Gasteiger partial charge in [0.15, 0.2) is 5.78 Å². The molecule has 2 rings (SSSR count). The summed E-state index contributed by atoms with van der Waals surface area (Å²) in [5, 5.41) is -0.0287. The molecule has 1 aromatic heterocycles. The average molecular weight is 320 g/mol. The maximum absolute atomic E-state index is 12.9. The van der Waals surface area contributed by atoms with Gasteiger partial charge >= 0.3 is 6.18 Å². The van der Waals surface area contributed by atoms with Crippen molar-refractivity contribution in [3.8, 4) is 0 Å². The van der Waals surface area contributed by atoms with Crippen molar-refractivity contribution in [3.63, 3.8) is 0 Å². The lowest BCUT2D eigenvalue weighted by molar-refractivity contribution is -0.137. The Hall–Kier alpha value is -1.59. The first-order chi connectivity index (χ1) is 9.32. The van der Waals surface area contributed by atoms with E-state index in [-0.39, 0.29) is 15.6 Å². The van der Waals surface area contributed by atoms with Crippen LogP contribution in [0.3, 0.4) is 0 Å². The first kappa shape index (κ1) is 14.8. The van der Waals surface area contributed by atoms with Gasteiger partial charge in [-0.05, 0) is 18.2 Å². The summed E-state index contributed by atoms with van der Waals surface area (Å²) in [7, 11) is 0. The van der Waals surface area contributed by atoms with E-state index in [9.17, 15) is 18.0 Å². The van der Waals surface area contributed by atoms with Crippen molar-refractivity contribution in [1.29, 1.82) is 0 Å². The van der Waals surface area contributed by atoms with Crippen LogP contribution in [0.5, 0.6) is 0 Å². The van der Waals surface area contributed by atoms with Crippen LogP contribution in [0.4, 0.5) is 13.2 Å². The van der Waals surface area contributed by atoms with Gasteiger partial charge in [0.25, 0.3) is 0 Å². The standard InChI is InChI=1S/C13H6Cl2F3NO/c14-9-2-1-3-10(15)11(9)12(20)7-6-19-5-4-8(7)13(16,17)18/h1-6H. The second-order valence-electron chi connectivity index (χ2n) is 3.84. The van der Waals surface area contributed by atoms with E-state index in [1.165, 1.54) is 18.2 Å². The Balaban J connectivity index is 2.61. The highest BCUT2D eigenvalue weighted by Gasteiger charge is 2.36. The van der Waals surface area contributed by atoms with Gasteiger partial charge in [-0.3, -0.25) is 9.78 Å². The van der Waals surface area contributed by atoms with E-state index >= 15 is 0 Å². The van der Waals surface area contributed by atoms with Crippen molar-refractivity contribution in [2.45, 2.75) is 6.18 Å². The van der Waals surface area contributed by atoms with Gasteiger partial charge in [-0.15, -0.1) is 0 Å². The Morgan fingerprint density at radius 2 is 1.70 bits per heavy atom. The molecule has 0 spiro atoms. The van der Waals surface area contributed by atoms with E-state index in [0.717, 1.165) is 18.5 Å². The highest BCUT2D eigenvalue weighted by Crippen LogP contribution is 2.34. The number of hydrogen-bond acceptors (Lipinski definition) is 2. The molecular weight excluding hydrogens is 314 g/mol. The lowest BCUT2D eigenvalue weighted by Gasteiger charge is -2.12. The number of rotatable bonds is 2. The summed E-state index contributed by atoms with van der Waals surface area (Å²) >= 11 is 11.7. The van der Waals surface area contributed by atoms with Crippen molar-refractivity contribution in [1.82, 2.24) is 4.98 Å². The Kier molecular flexibility index (Phi) is 4.01. The van der Waals surface area contributed by atoms with Gasteiger partial charge in [-0.1, -0.05) is 29.3 Å².